The molecule has 2 N–H and O–H groups in total. The second-order valence-electron chi connectivity index (χ2n) is 5.95. The minimum Gasteiger partial charge on any atom is -0.481 e. The van der Waals surface area contributed by atoms with E-state index in [0.29, 0.717) is 38.4 Å². The van der Waals surface area contributed by atoms with Crippen molar-refractivity contribution >= 4 is 11.9 Å². The zero-order valence-electron chi connectivity index (χ0n) is 12.2. The average molecular weight is 270 g/mol. The van der Waals surface area contributed by atoms with Crippen LogP contribution in [0.4, 0.5) is 0 Å². The summed E-state index contributed by atoms with van der Waals surface area (Å²) in [5.74, 6) is -0.313. The minimum absolute atomic E-state index is 0.00834. The van der Waals surface area contributed by atoms with E-state index in [2.05, 4.69) is 5.32 Å². The van der Waals surface area contributed by atoms with E-state index in [0.717, 1.165) is 13.0 Å². The number of piperidine rings is 1. The Morgan fingerprint density at radius 1 is 1.42 bits per heavy atom. The third-order valence-electron chi connectivity index (χ3n) is 3.86. The number of amides is 1. The molecule has 110 valence electrons. The molecule has 1 heterocycles. The summed E-state index contributed by atoms with van der Waals surface area (Å²) < 4.78 is 0. The first-order valence-electron chi connectivity index (χ1n) is 7.12. The van der Waals surface area contributed by atoms with Crippen molar-refractivity contribution in [3.8, 4) is 0 Å². The highest BCUT2D eigenvalue weighted by Gasteiger charge is 2.40. The lowest BCUT2D eigenvalue weighted by Crippen LogP contribution is -2.50. The second kappa shape index (κ2) is 6.89. The van der Waals surface area contributed by atoms with Gasteiger partial charge in [0.2, 0.25) is 5.91 Å². The summed E-state index contributed by atoms with van der Waals surface area (Å²) in [7, 11) is 0. The Labute approximate surface area is 115 Å². The van der Waals surface area contributed by atoms with Crippen LogP contribution in [0.3, 0.4) is 0 Å². The molecule has 19 heavy (non-hydrogen) atoms. The van der Waals surface area contributed by atoms with Gasteiger partial charge in [-0.1, -0.05) is 20.8 Å². The van der Waals surface area contributed by atoms with E-state index < -0.39 is 11.4 Å². The first-order chi connectivity index (χ1) is 8.89. The number of hydrogen-bond donors (Lipinski definition) is 2. The minimum atomic E-state index is -0.734. The Hall–Kier alpha value is -1.10. The quantitative estimate of drug-likeness (QED) is 0.764. The zero-order valence-corrected chi connectivity index (χ0v) is 12.2. The van der Waals surface area contributed by atoms with Crippen molar-refractivity contribution in [3.05, 3.63) is 0 Å². The number of likely N-dealkylation sites (tertiary alicyclic amines) is 1. The average Bonchev–Trinajstić information content (AvgIpc) is 2.36. The Bertz CT molecular complexity index is 331. The first kappa shape index (κ1) is 16.0. The number of nitrogens with one attached hydrogen (secondary N) is 1. The predicted molar refractivity (Wildman–Crippen MR) is 73.9 cm³/mol. The molecule has 1 unspecified atom stereocenters. The molecular weight excluding hydrogens is 244 g/mol. The molecular formula is C14H26N2O3. The van der Waals surface area contributed by atoms with Crippen LogP contribution in [0.25, 0.3) is 0 Å². The molecule has 1 saturated heterocycles. The lowest BCUT2D eigenvalue weighted by Gasteiger charge is -2.39. The SMILES string of the molecule is CCC1(C(=O)O)CCCN(CC(=O)NCC(C)C)C1. The van der Waals surface area contributed by atoms with E-state index in [4.69, 9.17) is 0 Å². The molecule has 1 aliphatic rings. The van der Waals surface area contributed by atoms with Crippen LogP contribution in [0.2, 0.25) is 0 Å². The van der Waals surface area contributed by atoms with Gasteiger partial charge in [-0.15, -0.1) is 0 Å². The van der Waals surface area contributed by atoms with E-state index >= 15 is 0 Å². The Morgan fingerprint density at radius 3 is 2.63 bits per heavy atom. The number of carbonyl (C=O) groups excluding carboxylic acids is 1. The fourth-order valence-electron chi connectivity index (χ4n) is 2.55. The largest absolute Gasteiger partial charge is 0.481 e. The maximum atomic E-state index is 11.8. The van der Waals surface area contributed by atoms with Crippen LogP contribution in [0.1, 0.15) is 40.0 Å². The monoisotopic (exact) mass is 270 g/mol. The Morgan fingerprint density at radius 2 is 2.11 bits per heavy atom. The molecule has 5 heteroatoms. The summed E-state index contributed by atoms with van der Waals surface area (Å²) in [6, 6.07) is 0. The summed E-state index contributed by atoms with van der Waals surface area (Å²) in [5.41, 5.74) is -0.670. The molecule has 0 spiro atoms. The van der Waals surface area contributed by atoms with E-state index in [1.807, 2.05) is 25.7 Å². The van der Waals surface area contributed by atoms with Crippen LogP contribution in [0.5, 0.6) is 0 Å². The molecule has 0 radical (unpaired) electrons. The predicted octanol–water partition coefficient (Wildman–Crippen LogP) is 1.34. The number of carboxylic acids is 1. The Balaban J connectivity index is 2.51. The number of nitrogens with zero attached hydrogens (tertiary/aromatic N) is 1. The van der Waals surface area contributed by atoms with E-state index in [1.165, 1.54) is 0 Å². The second-order valence-corrected chi connectivity index (χ2v) is 5.95. The van der Waals surface area contributed by atoms with Crippen molar-refractivity contribution in [2.45, 2.75) is 40.0 Å². The number of carboxylic acid groups (broad SMARTS) is 1. The molecule has 1 aliphatic heterocycles. The van der Waals surface area contributed by atoms with Gasteiger partial charge in [0.15, 0.2) is 0 Å². The molecule has 0 bridgehead atoms. The summed E-state index contributed by atoms with van der Waals surface area (Å²) in [5, 5.41) is 12.3. The third-order valence-corrected chi connectivity index (χ3v) is 3.86. The molecule has 0 aromatic heterocycles. The molecule has 1 rings (SSSR count). The highest BCUT2D eigenvalue weighted by Crippen LogP contribution is 2.33. The van der Waals surface area contributed by atoms with Gasteiger partial charge in [-0.2, -0.15) is 0 Å². The maximum absolute atomic E-state index is 11.8. The number of aliphatic carboxylic acids is 1. The lowest BCUT2D eigenvalue weighted by atomic mass is 9.77. The van der Waals surface area contributed by atoms with Crippen LogP contribution in [-0.4, -0.2) is 48.1 Å². The number of hydrogen-bond acceptors (Lipinski definition) is 3. The topological polar surface area (TPSA) is 69.6 Å². The van der Waals surface area contributed by atoms with Gasteiger partial charge in [-0.3, -0.25) is 14.5 Å². The van der Waals surface area contributed by atoms with Gasteiger partial charge in [-0.25, -0.2) is 0 Å². The fraction of sp³-hybridized carbons (Fsp3) is 0.857. The summed E-state index contributed by atoms with van der Waals surface area (Å²) >= 11 is 0. The van der Waals surface area contributed by atoms with Gasteiger partial charge in [0.1, 0.15) is 0 Å². The standard InChI is InChI=1S/C14H26N2O3/c1-4-14(13(18)19)6-5-7-16(10-14)9-12(17)15-8-11(2)3/h11H,4-10H2,1-3H3,(H,15,17)(H,18,19). The van der Waals surface area contributed by atoms with Crippen LogP contribution in [0, 0.1) is 11.3 Å². The summed E-state index contributed by atoms with van der Waals surface area (Å²) in [4.78, 5) is 25.2. The van der Waals surface area contributed by atoms with Crippen LogP contribution in [0.15, 0.2) is 0 Å². The molecule has 0 saturated carbocycles. The highest BCUT2D eigenvalue weighted by molar-refractivity contribution is 5.78. The van der Waals surface area contributed by atoms with E-state index in [9.17, 15) is 14.7 Å². The van der Waals surface area contributed by atoms with Gasteiger partial charge < -0.3 is 10.4 Å². The van der Waals surface area contributed by atoms with E-state index in [-0.39, 0.29) is 5.91 Å². The summed E-state index contributed by atoms with van der Waals surface area (Å²) in [6.45, 7) is 8.28. The van der Waals surface area contributed by atoms with Gasteiger partial charge >= 0.3 is 5.97 Å². The van der Waals surface area contributed by atoms with Crippen molar-refractivity contribution in [2.75, 3.05) is 26.2 Å². The van der Waals surface area contributed by atoms with Crippen molar-refractivity contribution in [2.24, 2.45) is 11.3 Å². The maximum Gasteiger partial charge on any atom is 0.310 e. The fourth-order valence-corrected chi connectivity index (χ4v) is 2.55. The normalized spacial score (nSPS) is 24.4. The molecule has 1 amide bonds. The first-order valence-corrected chi connectivity index (χ1v) is 7.12. The van der Waals surface area contributed by atoms with Crippen molar-refractivity contribution in [1.82, 2.24) is 10.2 Å². The molecule has 1 fully saturated rings. The van der Waals surface area contributed by atoms with Crippen LogP contribution >= 0.6 is 0 Å². The number of rotatable bonds is 6. The third kappa shape index (κ3) is 4.49. The zero-order chi connectivity index (χ0) is 14.5. The molecule has 0 aromatic rings. The molecule has 0 aliphatic carbocycles. The molecule has 5 nitrogen and oxygen atoms in total. The van der Waals surface area contributed by atoms with Gasteiger partial charge in [0.25, 0.3) is 0 Å². The van der Waals surface area contributed by atoms with E-state index in [1.54, 1.807) is 0 Å². The smallest absolute Gasteiger partial charge is 0.310 e. The Kier molecular flexibility index (Phi) is 5.79. The molecule has 0 aromatic carbocycles. The lowest BCUT2D eigenvalue weighted by molar-refractivity contribution is -0.153. The van der Waals surface area contributed by atoms with Gasteiger partial charge in [0.05, 0.1) is 12.0 Å². The van der Waals surface area contributed by atoms with Crippen LogP contribution < -0.4 is 5.32 Å². The summed E-state index contributed by atoms with van der Waals surface area (Å²) in [6.07, 6.45) is 2.17. The highest BCUT2D eigenvalue weighted by atomic mass is 16.4. The van der Waals surface area contributed by atoms with Crippen molar-refractivity contribution in [1.29, 1.82) is 0 Å². The van der Waals surface area contributed by atoms with Crippen molar-refractivity contribution in [3.63, 3.8) is 0 Å². The van der Waals surface area contributed by atoms with Gasteiger partial charge in [-0.05, 0) is 31.7 Å². The van der Waals surface area contributed by atoms with Crippen LogP contribution in [-0.2, 0) is 9.59 Å². The number of carbonyl (C=O) groups is 2. The molecule has 1 atom stereocenters. The van der Waals surface area contributed by atoms with Crippen molar-refractivity contribution < 1.29 is 14.7 Å². The van der Waals surface area contributed by atoms with Gasteiger partial charge in [0, 0.05) is 13.1 Å².